The number of sulfonamides is 1. The van der Waals surface area contributed by atoms with E-state index in [1.54, 1.807) is 23.5 Å². The molecule has 2 heterocycles. The summed E-state index contributed by atoms with van der Waals surface area (Å²) in [6, 6.07) is 9.94. The Hall–Kier alpha value is -2.07. The molecule has 1 saturated carbocycles. The van der Waals surface area contributed by atoms with Crippen LogP contribution in [0, 0.1) is 0 Å². The third-order valence-corrected chi connectivity index (χ3v) is 6.97. The number of anilines is 1. The van der Waals surface area contributed by atoms with Crippen molar-refractivity contribution in [2.75, 3.05) is 5.32 Å². The molecule has 0 bridgehead atoms. The standard InChI is InChI=1S/C17H15N3O3S3/c21-16(19-17-18-14(10-25-17)15-5-2-8-24-15)11-3-1-4-13(9-11)26(22,23)20-12-6-7-12/h1-5,8-10,12,20H,6-7H2,(H,18,19,21). The van der Waals surface area contributed by atoms with Crippen molar-refractivity contribution in [1.82, 2.24) is 9.71 Å². The predicted molar refractivity (Wildman–Crippen MR) is 103 cm³/mol. The van der Waals surface area contributed by atoms with E-state index in [4.69, 9.17) is 0 Å². The maximum absolute atomic E-state index is 12.5. The van der Waals surface area contributed by atoms with E-state index in [0.717, 1.165) is 23.4 Å². The first-order chi connectivity index (χ1) is 12.5. The Morgan fingerprint density at radius 1 is 1.15 bits per heavy atom. The average Bonchev–Trinajstić information content (AvgIpc) is 3.10. The van der Waals surface area contributed by atoms with Gasteiger partial charge in [0.2, 0.25) is 10.0 Å². The molecule has 9 heteroatoms. The smallest absolute Gasteiger partial charge is 0.257 e. The van der Waals surface area contributed by atoms with E-state index in [9.17, 15) is 13.2 Å². The van der Waals surface area contributed by atoms with Gasteiger partial charge in [-0.25, -0.2) is 18.1 Å². The van der Waals surface area contributed by atoms with Crippen LogP contribution in [0.2, 0.25) is 0 Å². The van der Waals surface area contributed by atoms with Gasteiger partial charge >= 0.3 is 0 Å². The lowest BCUT2D eigenvalue weighted by molar-refractivity contribution is 0.102. The van der Waals surface area contributed by atoms with Gasteiger partial charge in [-0.2, -0.15) is 0 Å². The second-order valence-electron chi connectivity index (χ2n) is 5.89. The molecular weight excluding hydrogens is 390 g/mol. The third-order valence-electron chi connectivity index (χ3n) is 3.80. The predicted octanol–water partition coefficient (Wildman–Crippen LogP) is 3.56. The molecule has 1 aliphatic rings. The van der Waals surface area contributed by atoms with E-state index in [-0.39, 0.29) is 22.4 Å². The molecule has 26 heavy (non-hydrogen) atoms. The number of thiophene rings is 1. The lowest BCUT2D eigenvalue weighted by Crippen LogP contribution is -2.26. The van der Waals surface area contributed by atoms with Gasteiger partial charge in [-0.15, -0.1) is 22.7 Å². The molecule has 0 aliphatic heterocycles. The third kappa shape index (κ3) is 3.85. The second kappa shape index (κ2) is 6.92. The molecule has 134 valence electrons. The summed E-state index contributed by atoms with van der Waals surface area (Å²) in [6.07, 6.45) is 1.71. The van der Waals surface area contributed by atoms with Crippen LogP contribution < -0.4 is 10.0 Å². The molecule has 2 aromatic heterocycles. The number of nitrogens with zero attached hydrogens (tertiary/aromatic N) is 1. The Labute approximate surface area is 159 Å². The number of amides is 1. The largest absolute Gasteiger partial charge is 0.298 e. The van der Waals surface area contributed by atoms with E-state index in [0.29, 0.717) is 5.13 Å². The molecule has 0 atom stereocenters. The first kappa shape index (κ1) is 17.3. The monoisotopic (exact) mass is 405 g/mol. The van der Waals surface area contributed by atoms with Crippen molar-refractivity contribution in [2.24, 2.45) is 0 Å². The van der Waals surface area contributed by atoms with Crippen LogP contribution in [0.4, 0.5) is 5.13 Å². The molecule has 0 unspecified atom stereocenters. The van der Waals surface area contributed by atoms with Crippen LogP contribution in [0.15, 0.2) is 52.1 Å². The van der Waals surface area contributed by atoms with Crippen molar-refractivity contribution in [2.45, 2.75) is 23.8 Å². The Kier molecular flexibility index (Phi) is 4.62. The Morgan fingerprint density at radius 2 is 2.00 bits per heavy atom. The molecule has 1 aliphatic carbocycles. The molecule has 2 N–H and O–H groups in total. The summed E-state index contributed by atoms with van der Waals surface area (Å²) in [5.41, 5.74) is 1.09. The quantitative estimate of drug-likeness (QED) is 0.656. The SMILES string of the molecule is O=C(Nc1nc(-c2cccs2)cs1)c1cccc(S(=O)(=O)NC2CC2)c1. The summed E-state index contributed by atoms with van der Waals surface area (Å²) in [5, 5.41) is 7.05. The maximum Gasteiger partial charge on any atom is 0.257 e. The van der Waals surface area contributed by atoms with Gasteiger partial charge in [0.15, 0.2) is 5.13 Å². The minimum atomic E-state index is -3.59. The minimum absolute atomic E-state index is 0.0171. The summed E-state index contributed by atoms with van der Waals surface area (Å²) in [6.45, 7) is 0. The molecule has 6 nitrogen and oxygen atoms in total. The number of nitrogens with one attached hydrogen (secondary N) is 2. The zero-order valence-electron chi connectivity index (χ0n) is 13.5. The highest BCUT2D eigenvalue weighted by molar-refractivity contribution is 7.89. The minimum Gasteiger partial charge on any atom is -0.298 e. The van der Waals surface area contributed by atoms with E-state index in [2.05, 4.69) is 15.0 Å². The van der Waals surface area contributed by atoms with Gasteiger partial charge in [-0.3, -0.25) is 10.1 Å². The Bertz CT molecular complexity index is 1040. The zero-order valence-corrected chi connectivity index (χ0v) is 16.0. The van der Waals surface area contributed by atoms with Crippen molar-refractivity contribution < 1.29 is 13.2 Å². The lowest BCUT2D eigenvalue weighted by atomic mass is 10.2. The van der Waals surface area contributed by atoms with E-state index < -0.39 is 10.0 Å². The number of rotatable bonds is 6. The van der Waals surface area contributed by atoms with Crippen LogP contribution in [0.25, 0.3) is 10.6 Å². The number of thiazole rings is 1. The summed E-state index contributed by atoms with van der Waals surface area (Å²) in [7, 11) is -3.59. The molecule has 3 aromatic rings. The molecular formula is C17H15N3O3S3. The van der Waals surface area contributed by atoms with Crippen molar-refractivity contribution >= 4 is 43.7 Å². The van der Waals surface area contributed by atoms with Crippen molar-refractivity contribution in [1.29, 1.82) is 0 Å². The molecule has 1 amide bonds. The maximum atomic E-state index is 12.5. The first-order valence-electron chi connectivity index (χ1n) is 7.94. The van der Waals surface area contributed by atoms with E-state index in [1.807, 2.05) is 22.9 Å². The van der Waals surface area contributed by atoms with Gasteiger partial charge < -0.3 is 0 Å². The number of aromatic nitrogens is 1. The van der Waals surface area contributed by atoms with Crippen LogP contribution >= 0.6 is 22.7 Å². The zero-order chi connectivity index (χ0) is 18.1. The van der Waals surface area contributed by atoms with Crippen molar-refractivity contribution in [3.63, 3.8) is 0 Å². The van der Waals surface area contributed by atoms with E-state index >= 15 is 0 Å². The summed E-state index contributed by atoms with van der Waals surface area (Å²) in [5.74, 6) is -0.388. The van der Waals surface area contributed by atoms with Crippen LogP contribution in [-0.2, 0) is 10.0 Å². The topological polar surface area (TPSA) is 88.2 Å². The first-order valence-corrected chi connectivity index (χ1v) is 11.2. The number of carbonyl (C=O) groups excluding carboxylic acids is 1. The summed E-state index contributed by atoms with van der Waals surface area (Å²) in [4.78, 5) is 18.0. The fourth-order valence-corrected chi connectivity index (χ4v) is 5.15. The van der Waals surface area contributed by atoms with Gasteiger partial charge in [0.1, 0.15) is 0 Å². The van der Waals surface area contributed by atoms with Gasteiger partial charge in [0.05, 0.1) is 15.5 Å². The number of hydrogen-bond acceptors (Lipinski definition) is 6. The number of carbonyl (C=O) groups is 1. The van der Waals surface area contributed by atoms with Crippen molar-refractivity contribution in [3.05, 3.63) is 52.7 Å². The van der Waals surface area contributed by atoms with Gasteiger partial charge in [-0.05, 0) is 42.5 Å². The molecule has 4 rings (SSSR count). The van der Waals surface area contributed by atoms with Crippen LogP contribution in [0.5, 0.6) is 0 Å². The average molecular weight is 406 g/mol. The summed E-state index contributed by atoms with van der Waals surface area (Å²) < 4.78 is 27.2. The van der Waals surface area contributed by atoms with Gasteiger partial charge in [-0.1, -0.05) is 12.1 Å². The Balaban J connectivity index is 1.51. The number of hydrogen-bond donors (Lipinski definition) is 2. The van der Waals surface area contributed by atoms with Gasteiger partial charge in [0, 0.05) is 17.0 Å². The highest BCUT2D eigenvalue weighted by Crippen LogP contribution is 2.28. The molecule has 0 saturated heterocycles. The Morgan fingerprint density at radius 3 is 2.73 bits per heavy atom. The normalized spacial score (nSPS) is 14.3. The van der Waals surface area contributed by atoms with E-state index in [1.165, 1.54) is 23.5 Å². The van der Waals surface area contributed by atoms with Crippen LogP contribution in [0.1, 0.15) is 23.2 Å². The second-order valence-corrected chi connectivity index (χ2v) is 9.41. The fraction of sp³-hybridized carbons (Fsp3) is 0.176. The highest BCUT2D eigenvalue weighted by atomic mass is 32.2. The van der Waals surface area contributed by atoms with Crippen LogP contribution in [-0.4, -0.2) is 25.4 Å². The van der Waals surface area contributed by atoms with Crippen LogP contribution in [0.3, 0.4) is 0 Å². The number of benzene rings is 1. The highest BCUT2D eigenvalue weighted by Gasteiger charge is 2.28. The van der Waals surface area contributed by atoms with Crippen molar-refractivity contribution in [3.8, 4) is 10.6 Å². The molecule has 1 fully saturated rings. The summed E-state index contributed by atoms with van der Waals surface area (Å²) >= 11 is 2.91. The molecule has 1 aromatic carbocycles. The molecule has 0 spiro atoms. The fourth-order valence-electron chi connectivity index (χ4n) is 2.33. The lowest BCUT2D eigenvalue weighted by Gasteiger charge is -2.07. The van der Waals surface area contributed by atoms with Gasteiger partial charge in [0.25, 0.3) is 5.91 Å². The molecule has 0 radical (unpaired) electrons.